The molecular weight excluding hydrogens is 356 g/mol. The fraction of sp³-hybridized carbons (Fsp3) is 0.333. The molecule has 3 rings (SSSR count). The molecule has 5 nitrogen and oxygen atoms in total. The van der Waals surface area contributed by atoms with E-state index in [9.17, 15) is 4.79 Å². The smallest absolute Gasteiger partial charge is 0.337 e. The summed E-state index contributed by atoms with van der Waals surface area (Å²) in [6.45, 7) is 8.27. The number of fused-ring (bicyclic) bond motifs is 1. The Morgan fingerprint density at radius 1 is 1.11 bits per heavy atom. The molecule has 0 bridgehead atoms. The van der Waals surface area contributed by atoms with Gasteiger partial charge in [-0.2, -0.15) is 5.10 Å². The van der Waals surface area contributed by atoms with Gasteiger partial charge in [0.2, 0.25) is 0 Å². The summed E-state index contributed by atoms with van der Waals surface area (Å²) < 4.78 is 12.5. The molecule has 0 N–H and O–H groups in total. The lowest BCUT2D eigenvalue weighted by Crippen LogP contribution is -2.22. The van der Waals surface area contributed by atoms with Gasteiger partial charge >= 0.3 is 5.97 Å². The van der Waals surface area contributed by atoms with Gasteiger partial charge in [-0.25, -0.2) is 9.48 Å². The van der Waals surface area contributed by atoms with Crippen molar-refractivity contribution < 1.29 is 14.3 Å². The summed E-state index contributed by atoms with van der Waals surface area (Å²) >= 11 is 0. The number of benzene rings is 2. The minimum atomic E-state index is -1.08. The van der Waals surface area contributed by atoms with Gasteiger partial charge in [0.1, 0.15) is 6.73 Å². The van der Waals surface area contributed by atoms with Crippen LogP contribution in [0.2, 0.25) is 25.7 Å². The number of esters is 1. The maximum Gasteiger partial charge on any atom is 0.337 e. The molecule has 3 aromatic rings. The molecule has 0 radical (unpaired) electrons. The second kappa shape index (κ2) is 8.06. The standard InChI is InChI=1S/C21H26N2O3Si/c1-25-21(24)18-7-5-6-16(12-18)17-8-9-20-19(13-17)14-22-23(20)15-26-10-11-27(2,3)4/h5-9,12-14H,10-11,15H2,1-4H3. The van der Waals surface area contributed by atoms with Crippen molar-refractivity contribution in [1.82, 2.24) is 9.78 Å². The zero-order valence-electron chi connectivity index (χ0n) is 16.4. The van der Waals surface area contributed by atoms with Gasteiger partial charge in [0.25, 0.3) is 0 Å². The van der Waals surface area contributed by atoms with E-state index in [-0.39, 0.29) is 5.97 Å². The Kier molecular flexibility index (Phi) is 5.77. The zero-order valence-corrected chi connectivity index (χ0v) is 17.4. The molecule has 0 fully saturated rings. The first-order chi connectivity index (χ1) is 12.9. The summed E-state index contributed by atoms with van der Waals surface area (Å²) in [7, 11) is 0.309. The van der Waals surface area contributed by atoms with Gasteiger partial charge in [-0.1, -0.05) is 37.8 Å². The van der Waals surface area contributed by atoms with E-state index in [1.54, 1.807) is 6.07 Å². The minimum absolute atomic E-state index is 0.332. The van der Waals surface area contributed by atoms with E-state index in [4.69, 9.17) is 9.47 Å². The lowest BCUT2D eigenvalue weighted by atomic mass is 10.0. The normalized spacial score (nSPS) is 11.7. The van der Waals surface area contributed by atoms with E-state index in [2.05, 4.69) is 30.8 Å². The van der Waals surface area contributed by atoms with E-state index in [1.165, 1.54) is 7.11 Å². The monoisotopic (exact) mass is 382 g/mol. The summed E-state index contributed by atoms with van der Waals surface area (Å²) in [5.41, 5.74) is 3.59. The van der Waals surface area contributed by atoms with Crippen LogP contribution < -0.4 is 0 Å². The molecule has 1 heterocycles. The molecule has 6 heteroatoms. The maximum absolute atomic E-state index is 11.8. The largest absolute Gasteiger partial charge is 0.465 e. The van der Waals surface area contributed by atoms with Crippen LogP contribution >= 0.6 is 0 Å². The van der Waals surface area contributed by atoms with Crippen LogP contribution in [0.5, 0.6) is 0 Å². The number of nitrogens with zero attached hydrogens (tertiary/aromatic N) is 2. The molecule has 142 valence electrons. The van der Waals surface area contributed by atoms with Gasteiger partial charge in [0.05, 0.1) is 24.4 Å². The minimum Gasteiger partial charge on any atom is -0.465 e. The number of hydrogen-bond donors (Lipinski definition) is 0. The summed E-state index contributed by atoms with van der Waals surface area (Å²) in [5.74, 6) is -0.332. The molecule has 0 aliphatic carbocycles. The molecule has 0 aliphatic heterocycles. The number of hydrogen-bond acceptors (Lipinski definition) is 4. The van der Waals surface area contributed by atoms with E-state index in [0.29, 0.717) is 12.3 Å². The van der Waals surface area contributed by atoms with Crippen molar-refractivity contribution in [2.24, 2.45) is 0 Å². The van der Waals surface area contributed by atoms with Crippen LogP contribution in [0.25, 0.3) is 22.0 Å². The summed E-state index contributed by atoms with van der Waals surface area (Å²) in [4.78, 5) is 11.8. The molecule has 27 heavy (non-hydrogen) atoms. The quantitative estimate of drug-likeness (QED) is 0.334. The molecule has 1 aromatic heterocycles. The highest BCUT2D eigenvalue weighted by molar-refractivity contribution is 6.76. The third-order valence-corrected chi connectivity index (χ3v) is 6.17. The highest BCUT2D eigenvalue weighted by Crippen LogP contribution is 2.25. The second-order valence-corrected chi connectivity index (χ2v) is 13.5. The van der Waals surface area contributed by atoms with Crippen molar-refractivity contribution in [1.29, 1.82) is 0 Å². The van der Waals surface area contributed by atoms with Crippen LogP contribution in [0.1, 0.15) is 10.4 Å². The van der Waals surface area contributed by atoms with Crippen molar-refractivity contribution in [3.05, 3.63) is 54.2 Å². The molecule has 0 atom stereocenters. The van der Waals surface area contributed by atoms with Crippen LogP contribution in [0.3, 0.4) is 0 Å². The van der Waals surface area contributed by atoms with E-state index in [1.807, 2.05) is 41.2 Å². The highest BCUT2D eigenvalue weighted by atomic mass is 28.3. The van der Waals surface area contributed by atoms with Gasteiger partial charge < -0.3 is 9.47 Å². The van der Waals surface area contributed by atoms with Gasteiger partial charge in [-0.3, -0.25) is 0 Å². The Labute approximate surface area is 160 Å². The highest BCUT2D eigenvalue weighted by Gasteiger charge is 2.13. The number of carbonyl (C=O) groups excluding carboxylic acids is 1. The maximum atomic E-state index is 11.8. The van der Waals surface area contributed by atoms with Gasteiger partial charge in [0, 0.05) is 20.1 Å². The van der Waals surface area contributed by atoms with Crippen molar-refractivity contribution in [3.63, 3.8) is 0 Å². The first-order valence-electron chi connectivity index (χ1n) is 9.09. The summed E-state index contributed by atoms with van der Waals surface area (Å²) in [6.07, 6.45) is 1.85. The van der Waals surface area contributed by atoms with Crippen LogP contribution in [0.4, 0.5) is 0 Å². The molecule has 0 saturated heterocycles. The predicted molar refractivity (Wildman–Crippen MR) is 111 cm³/mol. The topological polar surface area (TPSA) is 53.3 Å². The number of carbonyl (C=O) groups is 1. The van der Waals surface area contributed by atoms with E-state index in [0.717, 1.165) is 34.7 Å². The van der Waals surface area contributed by atoms with Crippen molar-refractivity contribution >= 4 is 24.9 Å². The Morgan fingerprint density at radius 3 is 2.63 bits per heavy atom. The van der Waals surface area contributed by atoms with Crippen molar-refractivity contribution in [3.8, 4) is 11.1 Å². The first kappa shape index (κ1) is 19.3. The second-order valence-electron chi connectivity index (χ2n) is 7.84. The molecule has 0 spiro atoms. The van der Waals surface area contributed by atoms with Crippen LogP contribution in [-0.2, 0) is 16.2 Å². The summed E-state index contributed by atoms with van der Waals surface area (Å²) in [5, 5.41) is 5.50. The molecular formula is C21H26N2O3Si. The number of rotatable bonds is 7. The van der Waals surface area contributed by atoms with Crippen LogP contribution in [-0.4, -0.2) is 37.5 Å². The Bertz CT molecular complexity index is 944. The van der Waals surface area contributed by atoms with E-state index >= 15 is 0 Å². The number of methoxy groups -OCH3 is 1. The average Bonchev–Trinajstić information content (AvgIpc) is 3.06. The van der Waals surface area contributed by atoms with E-state index < -0.39 is 8.07 Å². The van der Waals surface area contributed by atoms with Crippen LogP contribution in [0.15, 0.2) is 48.7 Å². The number of ether oxygens (including phenoxy) is 2. The SMILES string of the molecule is COC(=O)c1cccc(-c2ccc3c(cnn3COCC[Si](C)(C)C)c2)c1. The lowest BCUT2D eigenvalue weighted by molar-refractivity contribution is 0.0600. The molecule has 0 saturated carbocycles. The average molecular weight is 383 g/mol. The molecule has 0 amide bonds. The third kappa shape index (κ3) is 4.84. The van der Waals surface area contributed by atoms with Crippen LogP contribution in [0, 0.1) is 0 Å². The number of aromatic nitrogens is 2. The van der Waals surface area contributed by atoms with Crippen molar-refractivity contribution in [2.45, 2.75) is 32.4 Å². The fourth-order valence-corrected chi connectivity index (χ4v) is 3.60. The molecule has 0 aliphatic rings. The fourth-order valence-electron chi connectivity index (χ4n) is 2.84. The third-order valence-electron chi connectivity index (χ3n) is 4.47. The predicted octanol–water partition coefficient (Wildman–Crippen LogP) is 4.80. The van der Waals surface area contributed by atoms with Gasteiger partial charge in [-0.05, 0) is 41.4 Å². The molecule has 0 unspecified atom stereocenters. The Balaban J connectivity index is 1.76. The van der Waals surface area contributed by atoms with Gasteiger partial charge in [0.15, 0.2) is 0 Å². The zero-order chi connectivity index (χ0) is 19.4. The summed E-state index contributed by atoms with van der Waals surface area (Å²) in [6, 6.07) is 14.8. The van der Waals surface area contributed by atoms with Gasteiger partial charge in [-0.15, -0.1) is 0 Å². The Morgan fingerprint density at radius 2 is 1.89 bits per heavy atom. The first-order valence-corrected chi connectivity index (χ1v) is 12.8. The lowest BCUT2D eigenvalue weighted by Gasteiger charge is -2.15. The molecule has 2 aromatic carbocycles. The Hall–Kier alpha value is -2.44. The van der Waals surface area contributed by atoms with Crippen molar-refractivity contribution in [2.75, 3.05) is 13.7 Å².